The van der Waals surface area contributed by atoms with Crippen LogP contribution in [-0.2, 0) is 6.54 Å². The summed E-state index contributed by atoms with van der Waals surface area (Å²) >= 11 is 0. The van der Waals surface area contributed by atoms with Crippen molar-refractivity contribution < 1.29 is 0 Å². The lowest BCUT2D eigenvalue weighted by Crippen LogP contribution is -1.98. The predicted octanol–water partition coefficient (Wildman–Crippen LogP) is 2.64. The van der Waals surface area contributed by atoms with Crippen LogP contribution in [-0.4, -0.2) is 9.78 Å². The van der Waals surface area contributed by atoms with E-state index in [0.29, 0.717) is 0 Å². The van der Waals surface area contributed by atoms with Crippen LogP contribution in [0.25, 0.3) is 10.9 Å². The molecule has 2 rings (SSSR count). The number of fused-ring (bicyclic) bond motifs is 1. The summed E-state index contributed by atoms with van der Waals surface area (Å²) < 4.78 is 2.06. The summed E-state index contributed by atoms with van der Waals surface area (Å²) in [5, 5.41) is 5.51. The molecule has 0 unspecified atom stereocenters. The van der Waals surface area contributed by atoms with Gasteiger partial charge in [-0.25, -0.2) is 0 Å². The summed E-state index contributed by atoms with van der Waals surface area (Å²) in [5.41, 5.74) is 1.22. The molecule has 67 valence electrons. The van der Waals surface area contributed by atoms with Crippen molar-refractivity contribution in [2.75, 3.05) is 0 Å². The first kappa shape index (κ1) is 8.30. The van der Waals surface area contributed by atoms with Crippen molar-refractivity contribution in [3.05, 3.63) is 30.5 Å². The van der Waals surface area contributed by atoms with Crippen LogP contribution in [0.2, 0.25) is 0 Å². The van der Waals surface area contributed by atoms with E-state index >= 15 is 0 Å². The molecule has 1 aromatic heterocycles. The van der Waals surface area contributed by atoms with Gasteiger partial charge in [0, 0.05) is 11.9 Å². The topological polar surface area (TPSA) is 17.8 Å². The number of benzene rings is 1. The summed E-state index contributed by atoms with van der Waals surface area (Å²) in [5.74, 6) is 0. The van der Waals surface area contributed by atoms with E-state index in [1.54, 1.807) is 0 Å². The van der Waals surface area contributed by atoms with Gasteiger partial charge in [0.15, 0.2) is 0 Å². The maximum atomic E-state index is 4.33. The van der Waals surface area contributed by atoms with E-state index in [9.17, 15) is 0 Å². The second-order valence-electron chi connectivity index (χ2n) is 3.21. The lowest BCUT2D eigenvalue weighted by atomic mass is 10.2. The number of hydrogen-bond donors (Lipinski definition) is 0. The molecule has 1 radical (unpaired) electrons. The molecule has 0 spiro atoms. The minimum Gasteiger partial charge on any atom is -0.265 e. The Hall–Kier alpha value is -1.31. The van der Waals surface area contributed by atoms with E-state index in [-0.39, 0.29) is 0 Å². The van der Waals surface area contributed by atoms with Gasteiger partial charge in [-0.05, 0) is 24.6 Å². The van der Waals surface area contributed by atoms with Crippen LogP contribution in [0, 0.1) is 6.07 Å². The zero-order chi connectivity index (χ0) is 9.10. The van der Waals surface area contributed by atoms with Crippen molar-refractivity contribution in [2.45, 2.75) is 26.3 Å². The van der Waals surface area contributed by atoms with Crippen LogP contribution in [0.15, 0.2) is 24.4 Å². The highest BCUT2D eigenvalue weighted by Gasteiger charge is 1.99. The smallest absolute Gasteiger partial charge is 0.0682 e. The maximum Gasteiger partial charge on any atom is 0.0682 e. The number of aryl methyl sites for hydroxylation is 1. The first-order chi connectivity index (χ1) is 6.42. The third-order valence-electron chi connectivity index (χ3n) is 2.21. The molecular formula is C11H13N2. The molecular weight excluding hydrogens is 160 g/mol. The van der Waals surface area contributed by atoms with E-state index < -0.39 is 0 Å². The van der Waals surface area contributed by atoms with Gasteiger partial charge in [-0.15, -0.1) is 0 Å². The van der Waals surface area contributed by atoms with Crippen molar-refractivity contribution in [1.82, 2.24) is 9.78 Å². The first-order valence-electron chi connectivity index (χ1n) is 4.73. The van der Waals surface area contributed by atoms with Crippen LogP contribution in [0.1, 0.15) is 19.8 Å². The molecule has 0 fully saturated rings. The Morgan fingerprint density at radius 3 is 3.31 bits per heavy atom. The fourth-order valence-corrected chi connectivity index (χ4v) is 1.45. The fourth-order valence-electron chi connectivity index (χ4n) is 1.45. The van der Waals surface area contributed by atoms with Crippen molar-refractivity contribution >= 4 is 10.9 Å². The summed E-state index contributed by atoms with van der Waals surface area (Å²) in [4.78, 5) is 0. The third kappa shape index (κ3) is 1.57. The monoisotopic (exact) mass is 173 g/mol. The lowest BCUT2D eigenvalue weighted by Gasteiger charge is -2.00. The molecule has 0 bridgehead atoms. The Bertz CT molecular complexity index is 390. The van der Waals surface area contributed by atoms with E-state index in [1.165, 1.54) is 23.7 Å². The number of hydrogen-bond acceptors (Lipinski definition) is 1. The molecule has 2 nitrogen and oxygen atoms in total. The number of aromatic nitrogens is 2. The largest absolute Gasteiger partial charge is 0.265 e. The van der Waals surface area contributed by atoms with Crippen molar-refractivity contribution in [1.29, 1.82) is 0 Å². The summed E-state index contributed by atoms with van der Waals surface area (Å²) in [6.45, 7) is 3.21. The van der Waals surface area contributed by atoms with Crippen molar-refractivity contribution in [3.63, 3.8) is 0 Å². The Morgan fingerprint density at radius 1 is 1.54 bits per heavy atom. The molecule has 0 N–H and O–H groups in total. The number of nitrogens with zero attached hydrogens (tertiary/aromatic N) is 2. The van der Waals surface area contributed by atoms with Crippen LogP contribution >= 0.6 is 0 Å². The lowest BCUT2D eigenvalue weighted by molar-refractivity contribution is 0.588. The molecule has 13 heavy (non-hydrogen) atoms. The van der Waals surface area contributed by atoms with Crippen molar-refractivity contribution in [2.24, 2.45) is 0 Å². The van der Waals surface area contributed by atoms with Gasteiger partial charge in [-0.2, -0.15) is 5.10 Å². The molecule has 0 aliphatic rings. The van der Waals surface area contributed by atoms with E-state index in [2.05, 4.69) is 28.8 Å². The SMILES string of the molecule is CCCCn1ncc2c[c]ccc21. The molecule has 0 saturated carbocycles. The summed E-state index contributed by atoms with van der Waals surface area (Å²) in [6.07, 6.45) is 4.30. The zero-order valence-corrected chi connectivity index (χ0v) is 7.83. The van der Waals surface area contributed by atoms with Gasteiger partial charge in [0.1, 0.15) is 0 Å². The fraction of sp³-hybridized carbons (Fsp3) is 0.364. The Kier molecular flexibility index (Phi) is 2.30. The van der Waals surface area contributed by atoms with E-state index in [1.807, 2.05) is 18.3 Å². The third-order valence-corrected chi connectivity index (χ3v) is 2.21. The molecule has 0 amide bonds. The normalized spacial score (nSPS) is 10.8. The van der Waals surface area contributed by atoms with Gasteiger partial charge in [0.25, 0.3) is 0 Å². The average molecular weight is 173 g/mol. The summed E-state index contributed by atoms with van der Waals surface area (Å²) in [7, 11) is 0. The molecule has 0 saturated heterocycles. The zero-order valence-electron chi connectivity index (χ0n) is 7.83. The van der Waals surface area contributed by atoms with Gasteiger partial charge in [-0.3, -0.25) is 4.68 Å². The van der Waals surface area contributed by atoms with Gasteiger partial charge in [-0.1, -0.05) is 19.4 Å². The van der Waals surface area contributed by atoms with Gasteiger partial charge in [0.05, 0.1) is 11.7 Å². The molecule has 1 aromatic carbocycles. The molecule has 2 heteroatoms. The molecule has 0 atom stereocenters. The highest BCUT2D eigenvalue weighted by Crippen LogP contribution is 2.12. The van der Waals surface area contributed by atoms with Crippen LogP contribution < -0.4 is 0 Å². The Morgan fingerprint density at radius 2 is 2.46 bits per heavy atom. The average Bonchev–Trinajstić information content (AvgIpc) is 2.58. The highest BCUT2D eigenvalue weighted by molar-refractivity contribution is 5.78. The van der Waals surface area contributed by atoms with Crippen LogP contribution in [0.4, 0.5) is 0 Å². The second kappa shape index (κ2) is 3.60. The first-order valence-corrected chi connectivity index (χ1v) is 4.73. The Labute approximate surface area is 78.2 Å². The standard InChI is InChI=1S/C11H13N2/c1-2-3-8-13-11-7-5-4-6-10(11)9-12-13/h5-7,9H,2-3,8H2,1H3. The van der Waals surface area contributed by atoms with Crippen LogP contribution in [0.3, 0.4) is 0 Å². The highest BCUT2D eigenvalue weighted by atomic mass is 15.3. The second-order valence-corrected chi connectivity index (χ2v) is 3.21. The van der Waals surface area contributed by atoms with Gasteiger partial charge >= 0.3 is 0 Å². The van der Waals surface area contributed by atoms with E-state index in [4.69, 9.17) is 0 Å². The van der Waals surface area contributed by atoms with Gasteiger partial charge < -0.3 is 0 Å². The number of unbranched alkanes of at least 4 members (excludes halogenated alkanes) is 1. The van der Waals surface area contributed by atoms with E-state index in [0.717, 1.165) is 6.54 Å². The summed E-state index contributed by atoms with van der Waals surface area (Å²) in [6, 6.07) is 9.03. The minimum atomic E-state index is 1.02. The van der Waals surface area contributed by atoms with Crippen LogP contribution in [0.5, 0.6) is 0 Å². The number of rotatable bonds is 3. The maximum absolute atomic E-state index is 4.33. The predicted molar refractivity (Wildman–Crippen MR) is 53.5 cm³/mol. The molecule has 1 heterocycles. The minimum absolute atomic E-state index is 1.02. The quantitative estimate of drug-likeness (QED) is 0.697. The van der Waals surface area contributed by atoms with Crippen molar-refractivity contribution in [3.8, 4) is 0 Å². The Balaban J connectivity index is 2.35. The molecule has 0 aliphatic heterocycles. The van der Waals surface area contributed by atoms with Gasteiger partial charge in [0.2, 0.25) is 0 Å². The molecule has 0 aliphatic carbocycles. The molecule has 2 aromatic rings.